The van der Waals surface area contributed by atoms with Crippen molar-refractivity contribution >= 4 is 23.0 Å². The number of carboxylic acid groups (broad SMARTS) is 1. The quantitative estimate of drug-likeness (QED) is 0.937. The van der Waals surface area contributed by atoms with Gasteiger partial charge in [-0.2, -0.15) is 0 Å². The van der Waals surface area contributed by atoms with E-state index in [2.05, 4.69) is 28.9 Å². The third kappa shape index (κ3) is 2.83. The molecule has 0 unspecified atom stereocenters. The first-order valence-corrected chi connectivity index (χ1v) is 8.30. The van der Waals surface area contributed by atoms with Crippen LogP contribution in [0.3, 0.4) is 0 Å². The van der Waals surface area contributed by atoms with E-state index in [-0.39, 0.29) is 0 Å². The fourth-order valence-electron chi connectivity index (χ4n) is 2.79. The topological polar surface area (TPSA) is 66.3 Å². The van der Waals surface area contributed by atoms with Crippen LogP contribution in [0.4, 0.5) is 5.69 Å². The Labute approximate surface area is 133 Å². The minimum absolute atomic E-state index is 0.388. The monoisotopic (exact) mass is 317 g/mol. The smallest absolute Gasteiger partial charge is 0.336 e. The van der Waals surface area contributed by atoms with E-state index in [1.165, 1.54) is 0 Å². The van der Waals surface area contributed by atoms with E-state index in [1.54, 1.807) is 17.4 Å². The van der Waals surface area contributed by atoms with Crippen LogP contribution >= 0.6 is 11.3 Å². The van der Waals surface area contributed by atoms with Crippen molar-refractivity contribution in [3.05, 3.63) is 39.3 Å². The Hall–Kier alpha value is -1.95. The third-order valence-corrected chi connectivity index (χ3v) is 5.09. The molecule has 3 rings (SSSR count). The molecule has 1 aliphatic rings. The van der Waals surface area contributed by atoms with Crippen molar-refractivity contribution in [3.8, 4) is 0 Å². The van der Waals surface area contributed by atoms with E-state index in [1.807, 2.05) is 12.1 Å². The molecule has 0 spiro atoms. The molecule has 0 radical (unpaired) electrons. The van der Waals surface area contributed by atoms with Gasteiger partial charge in [0.05, 0.1) is 12.1 Å². The fraction of sp³-hybridized carbons (Fsp3) is 0.438. The Morgan fingerprint density at radius 1 is 1.41 bits per heavy atom. The van der Waals surface area contributed by atoms with Crippen LogP contribution in [-0.2, 0) is 13.0 Å². The second-order valence-corrected chi connectivity index (χ2v) is 6.92. The minimum atomic E-state index is -0.850. The van der Waals surface area contributed by atoms with Crippen LogP contribution in [0.5, 0.6) is 0 Å². The van der Waals surface area contributed by atoms with Crippen LogP contribution in [0, 0.1) is 0 Å². The van der Waals surface area contributed by atoms with Gasteiger partial charge in [-0.25, -0.2) is 4.79 Å². The summed E-state index contributed by atoms with van der Waals surface area (Å²) in [6.07, 6.45) is 1.79. The highest BCUT2D eigenvalue weighted by Gasteiger charge is 2.23. The van der Waals surface area contributed by atoms with Gasteiger partial charge >= 0.3 is 5.97 Å². The molecule has 1 aliphatic heterocycles. The van der Waals surface area contributed by atoms with Crippen LogP contribution in [-0.4, -0.2) is 27.8 Å². The van der Waals surface area contributed by atoms with E-state index >= 15 is 0 Å². The van der Waals surface area contributed by atoms with Gasteiger partial charge in [-0.15, -0.1) is 10.2 Å². The maximum atomic E-state index is 11.4. The summed E-state index contributed by atoms with van der Waals surface area (Å²) in [6, 6.07) is 5.51. The van der Waals surface area contributed by atoms with Crippen molar-refractivity contribution < 1.29 is 9.90 Å². The van der Waals surface area contributed by atoms with Crippen molar-refractivity contribution in [3.63, 3.8) is 0 Å². The van der Waals surface area contributed by atoms with Gasteiger partial charge in [0, 0.05) is 18.2 Å². The van der Waals surface area contributed by atoms with Crippen LogP contribution < -0.4 is 4.90 Å². The van der Waals surface area contributed by atoms with Gasteiger partial charge in [0.25, 0.3) is 0 Å². The highest BCUT2D eigenvalue weighted by Crippen LogP contribution is 2.31. The maximum Gasteiger partial charge on any atom is 0.336 e. The Morgan fingerprint density at radius 2 is 2.23 bits per heavy atom. The predicted molar refractivity (Wildman–Crippen MR) is 86.8 cm³/mol. The summed E-state index contributed by atoms with van der Waals surface area (Å²) in [5.41, 5.74) is 2.38. The molecule has 0 saturated heterocycles. The van der Waals surface area contributed by atoms with Crippen LogP contribution in [0.15, 0.2) is 18.2 Å². The van der Waals surface area contributed by atoms with Gasteiger partial charge < -0.3 is 10.0 Å². The minimum Gasteiger partial charge on any atom is -0.478 e. The molecule has 0 saturated carbocycles. The molecule has 2 heterocycles. The molecule has 0 atom stereocenters. The summed E-state index contributed by atoms with van der Waals surface area (Å²) in [4.78, 5) is 13.6. The molecule has 0 aliphatic carbocycles. The zero-order chi connectivity index (χ0) is 15.7. The third-order valence-electron chi connectivity index (χ3n) is 3.88. The van der Waals surface area contributed by atoms with E-state index in [0.29, 0.717) is 18.0 Å². The fourth-order valence-corrected chi connectivity index (χ4v) is 3.65. The van der Waals surface area contributed by atoms with Crippen molar-refractivity contribution in [1.29, 1.82) is 0 Å². The molecule has 1 aromatic carbocycles. The molecular weight excluding hydrogens is 298 g/mol. The molecule has 0 amide bonds. The van der Waals surface area contributed by atoms with Gasteiger partial charge in [-0.3, -0.25) is 0 Å². The second kappa shape index (κ2) is 6.04. The molecule has 116 valence electrons. The predicted octanol–water partition coefficient (Wildman–Crippen LogP) is 3.31. The summed E-state index contributed by atoms with van der Waals surface area (Å²) in [7, 11) is 0. The number of carboxylic acids is 1. The normalized spacial score (nSPS) is 14.2. The molecule has 22 heavy (non-hydrogen) atoms. The Kier molecular flexibility index (Phi) is 4.11. The molecule has 0 fully saturated rings. The number of hydrogen-bond acceptors (Lipinski definition) is 5. The number of nitrogens with zero attached hydrogens (tertiary/aromatic N) is 3. The molecule has 0 bridgehead atoms. The molecule has 1 N–H and O–H groups in total. The zero-order valence-corrected chi connectivity index (χ0v) is 13.6. The first kappa shape index (κ1) is 15.0. The molecule has 1 aromatic heterocycles. The number of aromatic nitrogens is 2. The lowest BCUT2D eigenvalue weighted by Gasteiger charge is -2.31. The lowest BCUT2D eigenvalue weighted by molar-refractivity contribution is 0.0695. The number of carbonyl (C=O) groups is 1. The first-order valence-electron chi connectivity index (χ1n) is 7.48. The maximum absolute atomic E-state index is 11.4. The average molecular weight is 317 g/mol. The summed E-state index contributed by atoms with van der Waals surface area (Å²) in [5.74, 6) is -0.463. The molecule has 5 nitrogen and oxygen atoms in total. The number of aromatic carboxylic acids is 1. The standard InChI is InChI=1S/C16H19N3O2S/c1-10(2)15-18-17-14(22-15)9-19-8-4-6-11-12(16(20)21)5-3-7-13(11)19/h3,5,7,10H,4,6,8-9H2,1-2H3,(H,20,21). The molecule has 2 aromatic rings. The summed E-state index contributed by atoms with van der Waals surface area (Å²) in [6.45, 7) is 5.84. The lowest BCUT2D eigenvalue weighted by Crippen LogP contribution is -2.29. The van der Waals surface area contributed by atoms with E-state index in [9.17, 15) is 9.90 Å². The number of hydrogen-bond donors (Lipinski definition) is 1. The van der Waals surface area contributed by atoms with Gasteiger partial charge in [0.1, 0.15) is 10.0 Å². The zero-order valence-electron chi connectivity index (χ0n) is 12.7. The van der Waals surface area contributed by atoms with Crippen LogP contribution in [0.1, 0.15) is 52.1 Å². The van der Waals surface area contributed by atoms with Crippen molar-refractivity contribution in [1.82, 2.24) is 10.2 Å². The molecular formula is C16H19N3O2S. The lowest BCUT2D eigenvalue weighted by atomic mass is 9.96. The largest absolute Gasteiger partial charge is 0.478 e. The number of rotatable bonds is 4. The SMILES string of the molecule is CC(C)c1nnc(CN2CCCc3c(C(=O)O)cccc32)s1. The van der Waals surface area contributed by atoms with Gasteiger partial charge in [-0.1, -0.05) is 31.3 Å². The first-order chi connectivity index (χ1) is 10.6. The Morgan fingerprint density at radius 3 is 2.91 bits per heavy atom. The van der Waals surface area contributed by atoms with Crippen molar-refractivity contribution in [2.24, 2.45) is 0 Å². The van der Waals surface area contributed by atoms with Crippen molar-refractivity contribution in [2.45, 2.75) is 39.2 Å². The summed E-state index contributed by atoms with van der Waals surface area (Å²) < 4.78 is 0. The van der Waals surface area contributed by atoms with Gasteiger partial charge in [-0.05, 0) is 30.5 Å². The average Bonchev–Trinajstić information content (AvgIpc) is 2.95. The highest BCUT2D eigenvalue weighted by atomic mass is 32.1. The van der Waals surface area contributed by atoms with Crippen LogP contribution in [0.25, 0.3) is 0 Å². The number of benzene rings is 1. The Bertz CT molecular complexity index is 696. The highest BCUT2D eigenvalue weighted by molar-refractivity contribution is 7.11. The number of anilines is 1. The van der Waals surface area contributed by atoms with Crippen LogP contribution in [0.2, 0.25) is 0 Å². The van der Waals surface area contributed by atoms with E-state index in [4.69, 9.17) is 0 Å². The second-order valence-electron chi connectivity index (χ2n) is 5.82. The number of fused-ring (bicyclic) bond motifs is 1. The Balaban J connectivity index is 1.88. The molecule has 6 heteroatoms. The van der Waals surface area contributed by atoms with Gasteiger partial charge in [0.15, 0.2) is 0 Å². The van der Waals surface area contributed by atoms with E-state index in [0.717, 1.165) is 40.7 Å². The van der Waals surface area contributed by atoms with E-state index < -0.39 is 5.97 Å². The summed E-state index contributed by atoms with van der Waals surface area (Å²) in [5, 5.41) is 19.9. The summed E-state index contributed by atoms with van der Waals surface area (Å²) >= 11 is 1.64. The van der Waals surface area contributed by atoms with Gasteiger partial charge in [0.2, 0.25) is 0 Å². The van der Waals surface area contributed by atoms with Crippen molar-refractivity contribution in [2.75, 3.05) is 11.4 Å².